The Morgan fingerprint density at radius 2 is 2.29 bits per heavy atom. The van der Waals surface area contributed by atoms with Crippen LogP contribution in [0.3, 0.4) is 0 Å². The molecular formula is C16H19N5O3. The highest BCUT2D eigenvalue weighted by atomic mass is 16.5. The summed E-state index contributed by atoms with van der Waals surface area (Å²) < 4.78 is 7.17. The third-order valence-corrected chi connectivity index (χ3v) is 5.23. The molecule has 1 N–H and O–H groups in total. The topological polar surface area (TPSA) is 88.8 Å². The summed E-state index contributed by atoms with van der Waals surface area (Å²) in [5.41, 5.74) is 0.626. The van der Waals surface area contributed by atoms with Crippen LogP contribution in [0.2, 0.25) is 0 Å². The van der Waals surface area contributed by atoms with Crippen LogP contribution < -0.4 is 5.32 Å². The standard InChI is InChI=1S/C16H19N5O3/c1-17-15(23)16-2-5-24-9-11(16)8-20(10-16)14(22)12-6-19-21-4-3-18-7-13(12)21/h3-4,6-7,11H,2,5,8-10H2,1H3,(H,17,23)/t11-,16+/m1/s1. The Kier molecular flexibility index (Phi) is 3.49. The van der Waals surface area contributed by atoms with Gasteiger partial charge in [0.1, 0.15) is 0 Å². The van der Waals surface area contributed by atoms with Crippen molar-refractivity contribution in [2.24, 2.45) is 11.3 Å². The van der Waals surface area contributed by atoms with Gasteiger partial charge < -0.3 is 15.0 Å². The number of aromatic nitrogens is 3. The molecule has 0 spiro atoms. The van der Waals surface area contributed by atoms with Crippen molar-refractivity contribution < 1.29 is 14.3 Å². The van der Waals surface area contributed by atoms with Crippen LogP contribution in [0.1, 0.15) is 16.8 Å². The Balaban J connectivity index is 1.66. The van der Waals surface area contributed by atoms with Gasteiger partial charge in [0.05, 0.1) is 35.5 Å². The zero-order chi connectivity index (χ0) is 16.7. The van der Waals surface area contributed by atoms with Crippen molar-refractivity contribution in [3.05, 3.63) is 30.4 Å². The summed E-state index contributed by atoms with van der Waals surface area (Å²) in [6.45, 7) is 1.99. The molecule has 2 aliphatic heterocycles. The summed E-state index contributed by atoms with van der Waals surface area (Å²) in [5.74, 6) is -0.0987. The number of carbonyl (C=O) groups excluding carboxylic acids is 2. The summed E-state index contributed by atoms with van der Waals surface area (Å²) >= 11 is 0. The van der Waals surface area contributed by atoms with Gasteiger partial charge in [0, 0.05) is 45.1 Å². The van der Waals surface area contributed by atoms with E-state index in [-0.39, 0.29) is 17.7 Å². The van der Waals surface area contributed by atoms with E-state index in [1.54, 1.807) is 41.3 Å². The molecule has 2 aromatic rings. The van der Waals surface area contributed by atoms with Crippen LogP contribution in [-0.4, -0.2) is 64.7 Å². The largest absolute Gasteiger partial charge is 0.381 e. The molecule has 2 saturated heterocycles. The number of amides is 2. The monoisotopic (exact) mass is 329 g/mol. The molecule has 2 atom stereocenters. The normalized spacial score (nSPS) is 26.4. The van der Waals surface area contributed by atoms with Gasteiger partial charge in [-0.25, -0.2) is 4.52 Å². The highest BCUT2D eigenvalue weighted by molar-refractivity contribution is 6.01. The predicted octanol–water partition coefficient (Wildman–Crippen LogP) is -0.0460. The molecule has 0 aromatic carbocycles. The first-order valence-electron chi connectivity index (χ1n) is 8.02. The van der Waals surface area contributed by atoms with Crippen LogP contribution in [0.4, 0.5) is 0 Å². The number of hydrogen-bond acceptors (Lipinski definition) is 5. The van der Waals surface area contributed by atoms with Crippen LogP contribution in [-0.2, 0) is 9.53 Å². The first-order chi connectivity index (χ1) is 11.7. The maximum atomic E-state index is 13.0. The van der Waals surface area contributed by atoms with Crippen molar-refractivity contribution in [3.63, 3.8) is 0 Å². The van der Waals surface area contributed by atoms with Gasteiger partial charge in [-0.05, 0) is 6.42 Å². The highest BCUT2D eigenvalue weighted by Crippen LogP contribution is 2.42. The number of carbonyl (C=O) groups is 2. The number of fused-ring (bicyclic) bond motifs is 2. The number of ether oxygens (including phenoxy) is 1. The average Bonchev–Trinajstić information content (AvgIpc) is 3.22. The van der Waals surface area contributed by atoms with E-state index in [0.29, 0.717) is 43.8 Å². The second-order valence-corrected chi connectivity index (χ2v) is 6.41. The molecule has 4 heterocycles. The molecule has 2 amide bonds. The second kappa shape index (κ2) is 5.55. The second-order valence-electron chi connectivity index (χ2n) is 6.41. The number of rotatable bonds is 2. The van der Waals surface area contributed by atoms with Crippen molar-refractivity contribution in [2.75, 3.05) is 33.4 Å². The number of hydrogen-bond donors (Lipinski definition) is 1. The SMILES string of the molecule is CNC(=O)[C@]12CCOC[C@H]1CN(C(=O)c1cnn3ccncc13)C2. The Hall–Kier alpha value is -2.48. The van der Waals surface area contributed by atoms with Gasteiger partial charge in [-0.15, -0.1) is 0 Å². The molecule has 0 unspecified atom stereocenters. The predicted molar refractivity (Wildman–Crippen MR) is 84.3 cm³/mol. The first-order valence-corrected chi connectivity index (χ1v) is 8.02. The third kappa shape index (κ3) is 2.10. The van der Waals surface area contributed by atoms with Crippen molar-refractivity contribution in [2.45, 2.75) is 6.42 Å². The van der Waals surface area contributed by atoms with Gasteiger partial charge in [-0.1, -0.05) is 0 Å². The molecule has 8 heteroatoms. The van der Waals surface area contributed by atoms with E-state index in [1.165, 1.54) is 0 Å². The van der Waals surface area contributed by atoms with Crippen molar-refractivity contribution in [3.8, 4) is 0 Å². The molecule has 126 valence electrons. The van der Waals surface area contributed by atoms with E-state index in [1.807, 2.05) is 0 Å². The molecule has 2 aliphatic rings. The lowest BCUT2D eigenvalue weighted by molar-refractivity contribution is -0.138. The van der Waals surface area contributed by atoms with Gasteiger partial charge in [0.2, 0.25) is 5.91 Å². The van der Waals surface area contributed by atoms with E-state index >= 15 is 0 Å². The molecule has 2 fully saturated rings. The fourth-order valence-corrected chi connectivity index (χ4v) is 3.89. The van der Waals surface area contributed by atoms with E-state index in [0.717, 1.165) is 0 Å². The Bertz CT molecular complexity index is 804. The summed E-state index contributed by atoms with van der Waals surface area (Å²) in [5, 5.41) is 6.96. The van der Waals surface area contributed by atoms with Gasteiger partial charge in [0.15, 0.2) is 0 Å². The van der Waals surface area contributed by atoms with Gasteiger partial charge >= 0.3 is 0 Å². The lowest BCUT2D eigenvalue weighted by atomic mass is 9.73. The lowest BCUT2D eigenvalue weighted by Gasteiger charge is -2.36. The zero-order valence-corrected chi connectivity index (χ0v) is 13.4. The van der Waals surface area contributed by atoms with Crippen molar-refractivity contribution in [1.29, 1.82) is 0 Å². The summed E-state index contributed by atoms with van der Waals surface area (Å²) in [6.07, 6.45) is 7.15. The van der Waals surface area contributed by atoms with Crippen LogP contribution in [0, 0.1) is 11.3 Å². The number of nitrogens with one attached hydrogen (secondary N) is 1. The van der Waals surface area contributed by atoms with E-state index in [2.05, 4.69) is 15.4 Å². The number of nitrogens with zero attached hydrogens (tertiary/aromatic N) is 4. The maximum absolute atomic E-state index is 13.0. The quantitative estimate of drug-likeness (QED) is 0.835. The first kappa shape index (κ1) is 15.1. The summed E-state index contributed by atoms with van der Waals surface area (Å²) in [6, 6.07) is 0. The summed E-state index contributed by atoms with van der Waals surface area (Å²) in [4.78, 5) is 31.3. The molecule has 0 aliphatic carbocycles. The molecule has 4 rings (SSSR count). The molecule has 0 radical (unpaired) electrons. The Morgan fingerprint density at radius 3 is 3.12 bits per heavy atom. The van der Waals surface area contributed by atoms with E-state index in [9.17, 15) is 9.59 Å². The summed E-state index contributed by atoms with van der Waals surface area (Å²) in [7, 11) is 1.64. The van der Waals surface area contributed by atoms with Crippen molar-refractivity contribution >= 4 is 17.3 Å². The van der Waals surface area contributed by atoms with E-state index < -0.39 is 5.41 Å². The van der Waals surface area contributed by atoms with Gasteiger partial charge in [-0.3, -0.25) is 14.6 Å². The molecule has 24 heavy (non-hydrogen) atoms. The molecular weight excluding hydrogens is 310 g/mol. The van der Waals surface area contributed by atoms with E-state index in [4.69, 9.17) is 4.74 Å². The van der Waals surface area contributed by atoms with Gasteiger partial charge in [-0.2, -0.15) is 5.10 Å². The van der Waals surface area contributed by atoms with Gasteiger partial charge in [0.25, 0.3) is 5.91 Å². The molecule has 8 nitrogen and oxygen atoms in total. The minimum atomic E-state index is -0.552. The smallest absolute Gasteiger partial charge is 0.257 e. The average molecular weight is 329 g/mol. The minimum absolute atomic E-state index is 0.00682. The fraction of sp³-hybridized carbons (Fsp3) is 0.500. The van der Waals surface area contributed by atoms with Crippen LogP contribution >= 0.6 is 0 Å². The van der Waals surface area contributed by atoms with Crippen LogP contribution in [0.15, 0.2) is 24.8 Å². The maximum Gasteiger partial charge on any atom is 0.257 e. The zero-order valence-electron chi connectivity index (χ0n) is 13.4. The van der Waals surface area contributed by atoms with Crippen molar-refractivity contribution in [1.82, 2.24) is 24.8 Å². The van der Waals surface area contributed by atoms with Crippen LogP contribution in [0.5, 0.6) is 0 Å². The highest BCUT2D eigenvalue weighted by Gasteiger charge is 2.54. The molecule has 0 saturated carbocycles. The molecule has 2 aromatic heterocycles. The van der Waals surface area contributed by atoms with Crippen LogP contribution in [0.25, 0.3) is 5.52 Å². The Morgan fingerprint density at radius 1 is 1.42 bits per heavy atom. The molecule has 0 bridgehead atoms. The minimum Gasteiger partial charge on any atom is -0.381 e. The third-order valence-electron chi connectivity index (χ3n) is 5.23. The lowest BCUT2D eigenvalue weighted by Crippen LogP contribution is -2.49. The Labute approximate surface area is 138 Å². The number of likely N-dealkylation sites (tertiary alicyclic amines) is 1. The fourth-order valence-electron chi connectivity index (χ4n) is 3.89.